The molecule has 2 heterocycles. The lowest BCUT2D eigenvalue weighted by Gasteiger charge is -2.21. The van der Waals surface area contributed by atoms with Crippen LogP contribution in [0, 0.1) is 6.92 Å². The first kappa shape index (κ1) is 17.5. The first-order chi connectivity index (χ1) is 11.3. The van der Waals surface area contributed by atoms with Crippen molar-refractivity contribution in [3.05, 3.63) is 30.1 Å². The van der Waals surface area contributed by atoms with Gasteiger partial charge in [0.2, 0.25) is 0 Å². The Bertz CT molecular complexity index is 772. The lowest BCUT2D eigenvalue weighted by Crippen LogP contribution is -2.35. The van der Waals surface area contributed by atoms with Gasteiger partial charge < -0.3 is 24.0 Å². The van der Waals surface area contributed by atoms with Crippen LogP contribution in [0.1, 0.15) is 11.8 Å². The molecule has 0 bridgehead atoms. The average Bonchev–Trinajstić information content (AvgIpc) is 3.03. The molecule has 0 amide bonds. The van der Waals surface area contributed by atoms with E-state index >= 15 is 0 Å². The highest BCUT2D eigenvalue weighted by Gasteiger charge is 2.47. The van der Waals surface area contributed by atoms with Gasteiger partial charge in [-0.3, -0.25) is 9.09 Å². The molecule has 2 N–H and O–H groups in total. The van der Waals surface area contributed by atoms with Crippen LogP contribution in [0.5, 0.6) is 0 Å². The molecule has 1 aliphatic rings. The molecule has 2 unspecified atom stereocenters. The maximum Gasteiger partial charge on any atom is 0.325 e. The van der Waals surface area contributed by atoms with E-state index < -0.39 is 32.1 Å². The predicted molar refractivity (Wildman–Crippen MR) is 86.9 cm³/mol. The van der Waals surface area contributed by atoms with Gasteiger partial charge in [-0.15, -0.1) is 0 Å². The quantitative estimate of drug-likeness (QED) is 0.782. The highest BCUT2D eigenvalue weighted by atomic mass is 31.2. The van der Waals surface area contributed by atoms with Crippen LogP contribution in [0.15, 0.2) is 24.5 Å². The van der Waals surface area contributed by atoms with Crippen LogP contribution in [0.4, 0.5) is 0 Å². The van der Waals surface area contributed by atoms with Crippen molar-refractivity contribution in [3.8, 4) is 0 Å². The molecule has 1 fully saturated rings. The van der Waals surface area contributed by atoms with Crippen molar-refractivity contribution in [1.29, 1.82) is 0 Å². The Balaban J connectivity index is 1.95. The molecule has 8 nitrogen and oxygen atoms in total. The first-order valence-corrected chi connectivity index (χ1v) is 9.57. The van der Waals surface area contributed by atoms with Crippen LogP contribution < -0.4 is 0 Å². The summed E-state index contributed by atoms with van der Waals surface area (Å²) in [5.41, 5.74) is 2.62. The zero-order valence-electron chi connectivity index (χ0n) is 13.7. The first-order valence-electron chi connectivity index (χ1n) is 7.55. The predicted octanol–water partition coefficient (Wildman–Crippen LogP) is 1.45. The Kier molecular flexibility index (Phi) is 4.79. The average molecular weight is 356 g/mol. The Morgan fingerprint density at radius 1 is 1.46 bits per heavy atom. The molecule has 0 saturated carbocycles. The number of hydrogen-bond acceptors (Lipinski definition) is 6. The second-order valence-electron chi connectivity index (χ2n) is 5.98. The number of para-hydroxylation sites is 1. The number of fused-ring (bicyclic) bond motifs is 1. The summed E-state index contributed by atoms with van der Waals surface area (Å²) in [6.07, 6.45) is -1.98. The fourth-order valence-electron chi connectivity index (χ4n) is 3.01. The molecular weight excluding hydrogens is 335 g/mol. The largest absolute Gasteiger partial charge is 0.386 e. The monoisotopic (exact) mass is 356 g/mol. The van der Waals surface area contributed by atoms with Gasteiger partial charge in [-0.05, 0) is 18.6 Å². The number of methoxy groups -OCH3 is 1. The molecule has 1 aromatic carbocycles. The minimum absolute atomic E-state index is 0.129. The van der Waals surface area contributed by atoms with Crippen molar-refractivity contribution < 1.29 is 28.6 Å². The second kappa shape index (κ2) is 6.55. The lowest BCUT2D eigenvalue weighted by atomic mass is 10.1. The summed E-state index contributed by atoms with van der Waals surface area (Å²) in [6.45, 7) is 3.15. The van der Waals surface area contributed by atoms with Gasteiger partial charge >= 0.3 is 7.60 Å². The Morgan fingerprint density at radius 2 is 2.21 bits per heavy atom. The summed E-state index contributed by atoms with van der Waals surface area (Å²) in [6, 6.07) is 5.72. The van der Waals surface area contributed by atoms with Crippen LogP contribution in [-0.2, 0) is 18.6 Å². The van der Waals surface area contributed by atoms with Crippen LogP contribution in [-0.4, -0.2) is 58.2 Å². The van der Waals surface area contributed by atoms with E-state index in [1.54, 1.807) is 10.9 Å². The highest BCUT2D eigenvalue weighted by Crippen LogP contribution is 2.44. The van der Waals surface area contributed by atoms with E-state index in [0.717, 1.165) is 23.3 Å². The molecule has 1 aromatic heterocycles. The molecule has 0 radical (unpaired) electrons. The van der Waals surface area contributed by atoms with Gasteiger partial charge in [0, 0.05) is 13.8 Å². The van der Waals surface area contributed by atoms with Gasteiger partial charge in [0.15, 0.2) is 6.23 Å². The van der Waals surface area contributed by atoms with Gasteiger partial charge in [-0.1, -0.05) is 12.1 Å². The number of hydrogen-bond donors (Lipinski definition) is 2. The van der Waals surface area contributed by atoms with Gasteiger partial charge in [-0.2, -0.15) is 0 Å². The van der Waals surface area contributed by atoms with Gasteiger partial charge in [0.25, 0.3) is 0 Å². The van der Waals surface area contributed by atoms with Crippen LogP contribution in [0.25, 0.3) is 11.0 Å². The molecular formula is C15H21N2O6P. The zero-order valence-corrected chi connectivity index (χ0v) is 14.6. The molecule has 24 heavy (non-hydrogen) atoms. The van der Waals surface area contributed by atoms with Crippen LogP contribution >= 0.6 is 7.60 Å². The van der Waals surface area contributed by atoms with Gasteiger partial charge in [-0.25, -0.2) is 4.98 Å². The summed E-state index contributed by atoms with van der Waals surface area (Å²) >= 11 is 0. The smallest absolute Gasteiger partial charge is 0.325 e. The second-order valence-corrected chi connectivity index (χ2v) is 7.80. The number of rotatable bonds is 5. The van der Waals surface area contributed by atoms with E-state index in [2.05, 4.69) is 4.98 Å². The number of aryl methyl sites for hydroxylation is 1. The van der Waals surface area contributed by atoms with Crippen molar-refractivity contribution in [1.82, 2.24) is 9.55 Å². The van der Waals surface area contributed by atoms with E-state index in [1.165, 1.54) is 7.11 Å². The fraction of sp³-hybridized carbons (Fsp3) is 0.533. The van der Waals surface area contributed by atoms with Crippen molar-refractivity contribution in [3.63, 3.8) is 0 Å². The van der Waals surface area contributed by atoms with E-state index in [1.807, 2.05) is 25.1 Å². The maximum absolute atomic E-state index is 11.6. The van der Waals surface area contributed by atoms with E-state index in [0.29, 0.717) is 0 Å². The third kappa shape index (κ3) is 3.26. The summed E-state index contributed by atoms with van der Waals surface area (Å²) in [4.78, 5) is 13.9. The minimum Gasteiger partial charge on any atom is -0.386 e. The number of ether oxygens (including phenoxy) is 2. The summed E-state index contributed by atoms with van der Waals surface area (Å²) in [5.74, 6) is 0. The topological polar surface area (TPSA) is 103 Å². The Labute approximate surface area is 139 Å². The number of nitrogens with zero attached hydrogens (tertiary/aromatic N) is 2. The molecule has 132 valence electrons. The number of aliphatic hydroxyl groups is 1. The number of benzene rings is 1. The van der Waals surface area contributed by atoms with E-state index in [-0.39, 0.29) is 6.61 Å². The van der Waals surface area contributed by atoms with Crippen LogP contribution in [0.2, 0.25) is 0 Å². The normalized spacial score (nSPS) is 29.9. The maximum atomic E-state index is 11.6. The Hall–Kier alpha value is -1.28. The molecule has 5 atom stereocenters. The summed E-state index contributed by atoms with van der Waals surface area (Å²) < 4.78 is 29.4. The van der Waals surface area contributed by atoms with Crippen molar-refractivity contribution in [2.45, 2.75) is 31.5 Å². The van der Waals surface area contributed by atoms with Crippen molar-refractivity contribution in [2.24, 2.45) is 0 Å². The van der Waals surface area contributed by atoms with Gasteiger partial charge in [0.1, 0.15) is 18.3 Å². The minimum atomic E-state index is -3.79. The molecule has 1 aliphatic heterocycles. The zero-order chi connectivity index (χ0) is 17.5. The standard InChI is InChI=1S/C15H21N2O6P/c1-9-5-4-6-10-12(9)16-8-17(10)15-13(18)14(23-24(3,19)20)11(22-15)7-21-2/h4-6,8,11,13-15,18H,7H2,1-3H3,(H,19,20)/t11-,13+,14?,15-/m1/s1. The molecule has 3 rings (SSSR count). The van der Waals surface area contributed by atoms with Crippen molar-refractivity contribution >= 4 is 18.6 Å². The fourth-order valence-corrected chi connectivity index (χ4v) is 3.72. The third-order valence-corrected chi connectivity index (χ3v) is 4.67. The molecule has 9 heteroatoms. The SMILES string of the molecule is COC[C@H]1O[C@@H](n2cnc3c(C)cccc32)[C@@H](O)C1OP(C)(=O)O. The molecule has 0 aliphatic carbocycles. The van der Waals surface area contributed by atoms with E-state index in [4.69, 9.17) is 14.0 Å². The van der Waals surface area contributed by atoms with Gasteiger partial charge in [0.05, 0.1) is 24.0 Å². The van der Waals surface area contributed by atoms with E-state index in [9.17, 15) is 14.6 Å². The lowest BCUT2D eigenvalue weighted by molar-refractivity contribution is -0.0569. The van der Waals surface area contributed by atoms with Crippen LogP contribution in [0.3, 0.4) is 0 Å². The number of imidazole rings is 1. The highest BCUT2D eigenvalue weighted by molar-refractivity contribution is 7.51. The molecule has 1 saturated heterocycles. The Morgan fingerprint density at radius 3 is 2.88 bits per heavy atom. The van der Waals surface area contributed by atoms with Crippen molar-refractivity contribution in [2.75, 3.05) is 20.4 Å². The summed E-state index contributed by atoms with van der Waals surface area (Å²) in [5, 5.41) is 10.6. The summed E-state index contributed by atoms with van der Waals surface area (Å²) in [7, 11) is -2.31. The third-order valence-electron chi connectivity index (χ3n) is 4.04. The molecule has 0 spiro atoms. The number of aromatic nitrogens is 2. The number of aliphatic hydroxyl groups excluding tert-OH is 1. The molecule has 2 aromatic rings.